The van der Waals surface area contributed by atoms with Crippen LogP contribution in [0.1, 0.15) is 39.5 Å². The predicted octanol–water partition coefficient (Wildman–Crippen LogP) is 4.94. The Morgan fingerprint density at radius 2 is 1.90 bits per heavy atom. The van der Waals surface area contributed by atoms with Gasteiger partial charge in [-0.15, -0.1) is 0 Å². The number of hydrogen-bond donors (Lipinski definition) is 0. The first kappa shape index (κ1) is 17.7. The van der Waals surface area contributed by atoms with Crippen molar-refractivity contribution in [1.82, 2.24) is 0 Å². The van der Waals surface area contributed by atoms with Gasteiger partial charge in [0.2, 0.25) is 0 Å². The highest BCUT2D eigenvalue weighted by Gasteiger charge is 2.51. The first-order chi connectivity index (χ1) is 9.03. The molecule has 0 heterocycles. The molecule has 0 N–H and O–H groups in total. The molecule has 0 bridgehead atoms. The normalized spacial score (nSPS) is 26.6. The van der Waals surface area contributed by atoms with Crippen LogP contribution in [0.2, 0.25) is 37.8 Å². The topological polar surface area (TPSA) is 26.3 Å². The van der Waals surface area contributed by atoms with Gasteiger partial charge in [-0.05, 0) is 37.6 Å². The summed E-state index contributed by atoms with van der Waals surface area (Å²) >= 11 is 0. The van der Waals surface area contributed by atoms with Gasteiger partial charge < -0.3 is 4.74 Å². The number of allylic oxidation sites excluding steroid dienone is 1. The fourth-order valence-corrected chi connectivity index (χ4v) is 12.6. The molecule has 1 rings (SSSR count). The highest BCUT2D eigenvalue weighted by Crippen LogP contribution is 2.54. The Balaban J connectivity index is 2.95. The van der Waals surface area contributed by atoms with Gasteiger partial charge in [-0.2, -0.15) is 0 Å². The Morgan fingerprint density at radius 1 is 1.30 bits per heavy atom. The molecular formula is C16H32O2Si2. The highest BCUT2D eigenvalue weighted by molar-refractivity contribution is 7.41. The van der Waals surface area contributed by atoms with Gasteiger partial charge in [0, 0.05) is 21.3 Å². The van der Waals surface area contributed by atoms with Gasteiger partial charge in [-0.1, -0.05) is 45.2 Å². The summed E-state index contributed by atoms with van der Waals surface area (Å²) in [5.41, 5.74) is 1.32. The lowest BCUT2D eigenvalue weighted by molar-refractivity contribution is -0.137. The van der Waals surface area contributed by atoms with Crippen molar-refractivity contribution in [2.45, 2.75) is 77.3 Å². The molecule has 1 aliphatic rings. The van der Waals surface area contributed by atoms with Crippen molar-refractivity contribution in [2.24, 2.45) is 0 Å². The van der Waals surface area contributed by atoms with Gasteiger partial charge in [0.15, 0.2) is 0 Å². The molecule has 0 aromatic rings. The molecule has 116 valence electrons. The van der Waals surface area contributed by atoms with E-state index in [2.05, 4.69) is 39.7 Å². The van der Waals surface area contributed by atoms with Crippen LogP contribution >= 0.6 is 0 Å². The van der Waals surface area contributed by atoms with Crippen molar-refractivity contribution in [2.75, 3.05) is 6.61 Å². The summed E-state index contributed by atoms with van der Waals surface area (Å²) in [4.78, 5) is 11.7. The molecular weight excluding hydrogens is 280 g/mol. The summed E-state index contributed by atoms with van der Waals surface area (Å²) in [5.74, 6) is -0.153. The predicted molar refractivity (Wildman–Crippen MR) is 92.4 cm³/mol. The molecule has 0 aliphatic heterocycles. The molecule has 4 heteroatoms. The zero-order chi connectivity index (χ0) is 15.6. The number of ether oxygens (including phenoxy) is 1. The molecule has 0 saturated heterocycles. The van der Waals surface area contributed by atoms with Crippen LogP contribution in [0.25, 0.3) is 0 Å². The first-order valence-electron chi connectivity index (χ1n) is 7.90. The van der Waals surface area contributed by atoms with Gasteiger partial charge >= 0.3 is 5.97 Å². The first-order valence-corrected chi connectivity index (χ1v) is 15.4. The Bertz CT molecular complexity index is 394. The van der Waals surface area contributed by atoms with Crippen LogP contribution in [0.3, 0.4) is 0 Å². The Labute approximate surface area is 126 Å². The molecule has 0 spiro atoms. The van der Waals surface area contributed by atoms with Crippen molar-refractivity contribution in [3.05, 3.63) is 11.6 Å². The van der Waals surface area contributed by atoms with Crippen molar-refractivity contribution >= 4 is 21.2 Å². The van der Waals surface area contributed by atoms with Crippen LogP contribution < -0.4 is 0 Å². The molecule has 1 aliphatic carbocycles. The van der Waals surface area contributed by atoms with Crippen LogP contribution in [0.4, 0.5) is 0 Å². The lowest BCUT2D eigenvalue weighted by Crippen LogP contribution is -2.60. The molecule has 1 saturated carbocycles. The summed E-state index contributed by atoms with van der Waals surface area (Å²) in [6, 6.07) is 0. The summed E-state index contributed by atoms with van der Waals surface area (Å²) < 4.78 is 5.07. The molecule has 0 aromatic heterocycles. The number of carbonyl (C=O) groups excluding carboxylic acids is 1. The largest absolute Gasteiger partial charge is 0.463 e. The van der Waals surface area contributed by atoms with Gasteiger partial charge in [0.05, 0.1) is 6.61 Å². The Kier molecular flexibility index (Phi) is 5.47. The monoisotopic (exact) mass is 312 g/mol. The molecule has 0 amide bonds. The van der Waals surface area contributed by atoms with E-state index < -0.39 is 15.2 Å². The lowest BCUT2D eigenvalue weighted by Gasteiger charge is -2.52. The van der Waals surface area contributed by atoms with E-state index >= 15 is 0 Å². The van der Waals surface area contributed by atoms with E-state index in [1.807, 2.05) is 6.92 Å². The number of esters is 1. The maximum atomic E-state index is 11.7. The molecule has 1 unspecified atom stereocenters. The number of hydrogen-bond acceptors (Lipinski definition) is 2. The standard InChI is InChI=1S/C16H32O2Si2/c1-8-18-15(17)12-14-10-9-11-16(2,13-14)20(6,7)19(3,4)5/h12H,8-11,13H2,1-7H3/b14-12+. The highest BCUT2D eigenvalue weighted by atomic mass is 29.3. The Morgan fingerprint density at radius 3 is 2.40 bits per heavy atom. The molecule has 1 atom stereocenters. The van der Waals surface area contributed by atoms with Gasteiger partial charge in [-0.3, -0.25) is 0 Å². The third kappa shape index (κ3) is 3.64. The molecule has 20 heavy (non-hydrogen) atoms. The zero-order valence-corrected chi connectivity index (χ0v) is 16.4. The van der Waals surface area contributed by atoms with E-state index in [9.17, 15) is 4.79 Å². The summed E-state index contributed by atoms with van der Waals surface area (Å²) in [5, 5.41) is 0.439. The van der Waals surface area contributed by atoms with E-state index in [4.69, 9.17) is 4.74 Å². The smallest absolute Gasteiger partial charge is 0.330 e. The second-order valence-electron chi connectivity index (χ2n) is 8.02. The second-order valence-corrected chi connectivity index (χ2v) is 25.2. The summed E-state index contributed by atoms with van der Waals surface area (Å²) in [7, 11) is -2.43. The minimum absolute atomic E-state index is 0.153. The third-order valence-corrected chi connectivity index (χ3v) is 26.1. The number of carbonyl (C=O) groups is 1. The average Bonchev–Trinajstić information content (AvgIpc) is 2.27. The molecule has 0 aromatic carbocycles. The minimum Gasteiger partial charge on any atom is -0.463 e. The fraction of sp³-hybridized carbons (Fsp3) is 0.812. The van der Waals surface area contributed by atoms with E-state index in [0.29, 0.717) is 11.6 Å². The zero-order valence-electron chi connectivity index (χ0n) is 14.4. The molecule has 0 radical (unpaired) electrons. The van der Waals surface area contributed by atoms with Crippen LogP contribution in [0.5, 0.6) is 0 Å². The lowest BCUT2D eigenvalue weighted by atomic mass is 9.85. The van der Waals surface area contributed by atoms with Crippen molar-refractivity contribution in [3.8, 4) is 0 Å². The molecule has 2 nitrogen and oxygen atoms in total. The van der Waals surface area contributed by atoms with Gasteiger partial charge in [0.1, 0.15) is 0 Å². The summed E-state index contributed by atoms with van der Waals surface area (Å²) in [6.07, 6.45) is 6.51. The van der Waals surface area contributed by atoms with E-state index in [1.54, 1.807) is 6.08 Å². The maximum Gasteiger partial charge on any atom is 0.330 e. The quantitative estimate of drug-likeness (QED) is 0.418. The second kappa shape index (κ2) is 6.18. The Hall–Kier alpha value is -0.356. The van der Waals surface area contributed by atoms with Crippen LogP contribution in [0.15, 0.2) is 11.6 Å². The van der Waals surface area contributed by atoms with Crippen molar-refractivity contribution in [1.29, 1.82) is 0 Å². The fourth-order valence-electron chi connectivity index (χ4n) is 3.30. The SMILES string of the molecule is CCOC(=O)/C=C1\CCCC(C)([Si](C)(C)[Si](C)(C)C)C1. The third-order valence-electron chi connectivity index (χ3n) is 5.84. The van der Waals surface area contributed by atoms with Crippen LogP contribution in [-0.2, 0) is 9.53 Å². The average molecular weight is 313 g/mol. The maximum absolute atomic E-state index is 11.7. The van der Waals surface area contributed by atoms with E-state index in [0.717, 1.165) is 12.8 Å². The summed E-state index contributed by atoms with van der Waals surface area (Å²) in [6.45, 7) is 17.5. The van der Waals surface area contributed by atoms with Gasteiger partial charge in [-0.25, -0.2) is 4.79 Å². The number of rotatable bonds is 4. The van der Waals surface area contributed by atoms with Crippen LogP contribution in [-0.4, -0.2) is 27.8 Å². The van der Waals surface area contributed by atoms with Crippen molar-refractivity contribution in [3.63, 3.8) is 0 Å². The van der Waals surface area contributed by atoms with Crippen molar-refractivity contribution < 1.29 is 9.53 Å². The van der Waals surface area contributed by atoms with E-state index in [1.165, 1.54) is 18.4 Å². The van der Waals surface area contributed by atoms with Crippen LogP contribution in [0, 0.1) is 0 Å². The minimum atomic E-state index is -1.29. The van der Waals surface area contributed by atoms with E-state index in [-0.39, 0.29) is 5.97 Å². The molecule has 1 fully saturated rings. The van der Waals surface area contributed by atoms with Gasteiger partial charge in [0.25, 0.3) is 0 Å².